The third kappa shape index (κ3) is 5.19. The van der Waals surface area contributed by atoms with E-state index in [1.807, 2.05) is 31.2 Å². The molecule has 0 aliphatic carbocycles. The van der Waals surface area contributed by atoms with E-state index >= 15 is 0 Å². The van der Waals surface area contributed by atoms with Crippen molar-refractivity contribution in [1.82, 2.24) is 4.90 Å². The molecule has 34 heavy (non-hydrogen) atoms. The summed E-state index contributed by atoms with van der Waals surface area (Å²) in [5.41, 5.74) is 2.96. The molecule has 10 heteroatoms. The third-order valence-electron chi connectivity index (χ3n) is 5.46. The number of benzene rings is 2. The van der Waals surface area contributed by atoms with Crippen LogP contribution in [0.5, 0.6) is 0 Å². The van der Waals surface area contributed by atoms with Crippen molar-refractivity contribution in [2.75, 3.05) is 7.11 Å². The van der Waals surface area contributed by atoms with E-state index in [1.54, 1.807) is 36.4 Å². The van der Waals surface area contributed by atoms with Crippen molar-refractivity contribution in [3.63, 3.8) is 0 Å². The normalized spacial score (nSPS) is 18.3. The Hall–Kier alpha value is -3.08. The molecule has 1 N–H and O–H groups in total. The molecule has 0 radical (unpaired) electrons. The van der Waals surface area contributed by atoms with Gasteiger partial charge in [0.2, 0.25) is 10.6 Å². The summed E-state index contributed by atoms with van der Waals surface area (Å²) in [5.74, 6) is 0.231. The number of carbonyl (C=O) groups excluding carboxylic acids is 2. The van der Waals surface area contributed by atoms with Crippen molar-refractivity contribution < 1.29 is 31.7 Å². The number of hydrogen-bond acceptors (Lipinski definition) is 7. The smallest absolute Gasteiger partial charge is 0.337 e. The van der Waals surface area contributed by atoms with Gasteiger partial charge in [-0.05, 0) is 36.8 Å². The van der Waals surface area contributed by atoms with Crippen LogP contribution < -0.4 is 0 Å². The number of hydrogen-bond donors (Lipinski definition) is 1. The number of nitrogens with zero attached hydrogens (tertiary/aromatic N) is 1. The van der Waals surface area contributed by atoms with Gasteiger partial charge in [-0.3, -0.25) is 9.35 Å². The van der Waals surface area contributed by atoms with E-state index in [2.05, 4.69) is 0 Å². The van der Waals surface area contributed by atoms with Crippen molar-refractivity contribution in [3.8, 4) is 11.3 Å². The molecule has 8 nitrogen and oxygen atoms in total. The molecule has 3 aromatic rings. The fourth-order valence-electron chi connectivity index (χ4n) is 3.68. The number of rotatable bonds is 7. The second-order valence-corrected chi connectivity index (χ2v) is 11.0. The second-order valence-electron chi connectivity index (χ2n) is 7.94. The number of amides is 1. The predicted octanol–water partition coefficient (Wildman–Crippen LogP) is 3.90. The van der Waals surface area contributed by atoms with Crippen LogP contribution in [-0.2, 0) is 32.6 Å². The van der Waals surface area contributed by atoms with E-state index < -0.39 is 26.0 Å². The van der Waals surface area contributed by atoms with E-state index in [4.69, 9.17) is 9.15 Å². The van der Waals surface area contributed by atoms with Gasteiger partial charge < -0.3 is 14.1 Å². The Kier molecular flexibility index (Phi) is 6.83. The Balaban J connectivity index is 1.50. The first-order valence-corrected chi connectivity index (χ1v) is 12.9. The molecule has 2 heterocycles. The van der Waals surface area contributed by atoms with E-state index in [-0.39, 0.29) is 18.9 Å². The van der Waals surface area contributed by atoms with Crippen LogP contribution in [0.2, 0.25) is 0 Å². The zero-order valence-electron chi connectivity index (χ0n) is 18.5. The van der Waals surface area contributed by atoms with E-state index in [0.717, 1.165) is 28.5 Å². The van der Waals surface area contributed by atoms with E-state index in [9.17, 15) is 22.6 Å². The van der Waals surface area contributed by atoms with Crippen LogP contribution in [0.15, 0.2) is 65.1 Å². The van der Waals surface area contributed by atoms with Crippen molar-refractivity contribution >= 4 is 33.8 Å². The molecule has 1 saturated heterocycles. The van der Waals surface area contributed by atoms with Gasteiger partial charge in [0, 0.05) is 18.5 Å². The van der Waals surface area contributed by atoms with Crippen LogP contribution in [0.25, 0.3) is 11.3 Å². The second kappa shape index (κ2) is 9.65. The molecule has 1 amide bonds. The molecule has 1 fully saturated rings. The first-order valence-electron chi connectivity index (χ1n) is 10.4. The average molecular weight is 502 g/mol. The third-order valence-corrected chi connectivity index (χ3v) is 8.47. The molecule has 0 saturated carbocycles. The number of thioether (sulfide) groups is 1. The lowest BCUT2D eigenvalue weighted by atomic mass is 10.1. The lowest BCUT2D eigenvalue weighted by molar-refractivity contribution is -0.129. The average Bonchev–Trinajstić information content (AvgIpc) is 3.40. The van der Waals surface area contributed by atoms with Crippen LogP contribution >= 0.6 is 11.8 Å². The number of methoxy groups -OCH3 is 1. The van der Waals surface area contributed by atoms with Crippen LogP contribution in [0, 0.1) is 6.92 Å². The van der Waals surface area contributed by atoms with Crippen molar-refractivity contribution in [1.29, 1.82) is 0 Å². The summed E-state index contributed by atoms with van der Waals surface area (Å²) in [6.07, 6.45) is 0.167. The highest BCUT2D eigenvalue weighted by Crippen LogP contribution is 2.38. The summed E-state index contributed by atoms with van der Waals surface area (Å²) in [5, 5.41) is -0.724. The van der Waals surface area contributed by atoms with Gasteiger partial charge in [0.1, 0.15) is 11.5 Å². The molecule has 1 aromatic heterocycles. The standard InChI is InChI=1S/C24H23NO7S2/c1-15-3-5-16(6-4-15)14-25-22(26)21(33-24(25)34(28,29)30)13-19-11-12-20(32-19)17-7-9-18(10-8-17)23(27)31-2/h3-12,21,24H,13-14H2,1-2H3,(H,28,29,30). The summed E-state index contributed by atoms with van der Waals surface area (Å²) in [6.45, 7) is 2.01. The lowest BCUT2D eigenvalue weighted by Gasteiger charge is -2.21. The Morgan fingerprint density at radius 2 is 1.76 bits per heavy atom. The largest absolute Gasteiger partial charge is 0.465 e. The molecule has 2 aromatic carbocycles. The van der Waals surface area contributed by atoms with Crippen LogP contribution in [0.4, 0.5) is 0 Å². The minimum atomic E-state index is -4.49. The summed E-state index contributed by atoms with van der Waals surface area (Å²) in [7, 11) is -3.18. The fourth-order valence-corrected chi connectivity index (χ4v) is 6.27. The van der Waals surface area contributed by atoms with Crippen molar-refractivity contribution in [2.45, 2.75) is 29.8 Å². The molecule has 4 rings (SSSR count). The summed E-state index contributed by atoms with van der Waals surface area (Å²) < 4.78 is 42.9. The Morgan fingerprint density at radius 3 is 2.38 bits per heavy atom. The molecular weight excluding hydrogens is 478 g/mol. The Bertz CT molecular complexity index is 1300. The minimum absolute atomic E-state index is 0.0724. The van der Waals surface area contributed by atoms with Crippen LogP contribution in [-0.4, -0.2) is 46.8 Å². The monoisotopic (exact) mass is 501 g/mol. The number of furan rings is 1. The maximum Gasteiger partial charge on any atom is 0.337 e. The summed E-state index contributed by atoms with van der Waals surface area (Å²) >= 11 is 0.891. The molecule has 1 aliphatic heterocycles. The van der Waals surface area contributed by atoms with Gasteiger partial charge >= 0.3 is 5.97 Å². The molecular formula is C24H23NO7S2. The molecule has 0 bridgehead atoms. The van der Waals surface area contributed by atoms with Gasteiger partial charge in [0.15, 0.2) is 0 Å². The maximum atomic E-state index is 13.1. The van der Waals surface area contributed by atoms with Gasteiger partial charge in [-0.1, -0.05) is 42.0 Å². The quantitative estimate of drug-likeness (QED) is 0.383. The Morgan fingerprint density at radius 1 is 1.09 bits per heavy atom. The van der Waals surface area contributed by atoms with Gasteiger partial charge in [-0.25, -0.2) is 4.79 Å². The van der Waals surface area contributed by atoms with Crippen molar-refractivity contribution in [2.24, 2.45) is 0 Å². The van der Waals surface area contributed by atoms with Gasteiger partial charge in [-0.15, -0.1) is 11.8 Å². The highest BCUT2D eigenvalue weighted by molar-refractivity contribution is 8.12. The lowest BCUT2D eigenvalue weighted by Crippen LogP contribution is -2.38. The Labute approximate surface area is 201 Å². The highest BCUT2D eigenvalue weighted by Gasteiger charge is 2.46. The minimum Gasteiger partial charge on any atom is -0.465 e. The molecule has 178 valence electrons. The first-order chi connectivity index (χ1) is 16.2. The highest BCUT2D eigenvalue weighted by atomic mass is 32.3. The number of carbonyl (C=O) groups is 2. The van der Waals surface area contributed by atoms with Crippen LogP contribution in [0.1, 0.15) is 27.2 Å². The molecule has 0 spiro atoms. The maximum absolute atomic E-state index is 13.1. The van der Waals surface area contributed by atoms with Gasteiger partial charge in [0.25, 0.3) is 10.1 Å². The fraction of sp³-hybridized carbons (Fsp3) is 0.250. The number of aryl methyl sites for hydroxylation is 1. The molecule has 2 atom stereocenters. The number of esters is 1. The summed E-state index contributed by atoms with van der Waals surface area (Å²) in [4.78, 5) is 25.9. The SMILES string of the molecule is COC(=O)c1ccc(-c2ccc(CC3SC(S(=O)(=O)O)N(Cc4ccc(C)cc4)C3=O)o2)cc1. The molecule has 1 aliphatic rings. The first kappa shape index (κ1) is 24.1. The number of ether oxygens (including phenoxy) is 1. The van der Waals surface area contributed by atoms with Gasteiger partial charge in [0.05, 0.1) is 17.9 Å². The van der Waals surface area contributed by atoms with E-state index in [1.165, 1.54) is 12.0 Å². The molecule has 2 unspecified atom stereocenters. The zero-order valence-corrected chi connectivity index (χ0v) is 20.1. The zero-order chi connectivity index (χ0) is 24.5. The van der Waals surface area contributed by atoms with E-state index in [0.29, 0.717) is 17.1 Å². The predicted molar refractivity (Wildman–Crippen MR) is 128 cm³/mol. The van der Waals surface area contributed by atoms with Crippen molar-refractivity contribution in [3.05, 3.63) is 83.1 Å². The topological polar surface area (TPSA) is 114 Å². The van der Waals surface area contributed by atoms with Crippen LogP contribution in [0.3, 0.4) is 0 Å². The summed E-state index contributed by atoms with van der Waals surface area (Å²) in [6, 6.07) is 17.6. The van der Waals surface area contributed by atoms with Gasteiger partial charge in [-0.2, -0.15) is 8.42 Å².